The van der Waals surface area contributed by atoms with Crippen LogP contribution in [0.25, 0.3) is 15.6 Å². The predicted molar refractivity (Wildman–Crippen MR) is 64.9 cm³/mol. The number of rotatable bonds is 1. The molecular weight excluding hydrogens is 184 g/mol. The molecule has 0 N–H and O–H groups in total. The Morgan fingerprint density at radius 2 is 1.87 bits per heavy atom. The third-order valence-corrected chi connectivity index (χ3v) is 2.41. The Balaban J connectivity index is 2.95. The van der Waals surface area contributed by atoms with Crippen molar-refractivity contribution >= 4 is 28.9 Å². The summed E-state index contributed by atoms with van der Waals surface area (Å²) in [7, 11) is 1.90. The molecule has 2 heteroatoms. The second-order valence-corrected chi connectivity index (χ2v) is 3.48. The minimum Gasteiger partial charge on any atom is -0.207 e. The molecule has 0 heterocycles. The molecule has 2 nitrogen and oxygen atoms in total. The molecule has 0 unspecified atom stereocenters. The quantitative estimate of drug-likeness (QED) is 0.487. The standard InChI is InChI=1S/C13H12N2/c1-14-11-8-4-6-10-7-5-9-12(13(10)11)15(2)3/h1,4-9H,2H2,3H3/q+2. The summed E-state index contributed by atoms with van der Waals surface area (Å²) in [6.07, 6.45) is 0. The number of benzene rings is 2. The molecule has 0 aliphatic rings. The summed E-state index contributed by atoms with van der Waals surface area (Å²) in [5.41, 5.74) is 1.82. The number of nitrogens with zero attached hydrogens (tertiary/aromatic N) is 2. The van der Waals surface area contributed by atoms with Crippen molar-refractivity contribution in [2.75, 3.05) is 7.05 Å². The van der Waals surface area contributed by atoms with Crippen LogP contribution in [0.2, 0.25) is 0 Å². The molecule has 2 aromatic rings. The van der Waals surface area contributed by atoms with Crippen molar-refractivity contribution < 1.29 is 4.58 Å². The smallest absolute Gasteiger partial charge is 0.207 e. The highest BCUT2D eigenvalue weighted by Gasteiger charge is 2.16. The van der Waals surface area contributed by atoms with Gasteiger partial charge in [0.2, 0.25) is 5.69 Å². The van der Waals surface area contributed by atoms with Gasteiger partial charge in [0.05, 0.1) is 0 Å². The van der Waals surface area contributed by atoms with Gasteiger partial charge in [0.15, 0.2) is 0 Å². The van der Waals surface area contributed by atoms with E-state index in [-0.39, 0.29) is 0 Å². The largest absolute Gasteiger partial charge is 0.354 e. The Kier molecular flexibility index (Phi) is 2.23. The molecule has 0 aliphatic heterocycles. The van der Waals surface area contributed by atoms with E-state index in [0.717, 1.165) is 22.1 Å². The first-order chi connectivity index (χ1) is 7.24. The molecule has 0 aliphatic carbocycles. The minimum atomic E-state index is 0.790. The highest BCUT2D eigenvalue weighted by atomic mass is 14.9. The first-order valence-electron chi connectivity index (χ1n) is 4.71. The van der Waals surface area contributed by atoms with E-state index in [1.165, 1.54) is 0 Å². The highest BCUT2D eigenvalue weighted by molar-refractivity contribution is 6.01. The molecule has 72 valence electrons. The van der Waals surface area contributed by atoms with E-state index in [0.29, 0.717) is 0 Å². The Morgan fingerprint density at radius 3 is 2.47 bits per heavy atom. The molecule has 0 amide bonds. The molecule has 0 saturated carbocycles. The summed E-state index contributed by atoms with van der Waals surface area (Å²) >= 11 is 0. The van der Waals surface area contributed by atoms with Crippen molar-refractivity contribution in [2.24, 2.45) is 0 Å². The van der Waals surface area contributed by atoms with E-state index in [2.05, 4.69) is 11.6 Å². The second kappa shape index (κ2) is 3.55. The van der Waals surface area contributed by atoms with Crippen LogP contribution < -0.4 is 0 Å². The van der Waals surface area contributed by atoms with E-state index in [1.54, 1.807) is 0 Å². The average Bonchev–Trinajstić information content (AvgIpc) is 2.27. The first-order valence-corrected chi connectivity index (χ1v) is 4.71. The summed E-state index contributed by atoms with van der Waals surface area (Å²) in [5, 5.41) is 2.16. The van der Waals surface area contributed by atoms with Crippen molar-refractivity contribution in [2.45, 2.75) is 0 Å². The summed E-state index contributed by atoms with van der Waals surface area (Å²) in [4.78, 5) is 3.79. The maximum atomic E-state index is 5.37. The van der Waals surface area contributed by atoms with E-state index in [9.17, 15) is 0 Å². The van der Waals surface area contributed by atoms with Crippen LogP contribution in [0.4, 0.5) is 11.4 Å². The molecule has 0 radical (unpaired) electrons. The van der Waals surface area contributed by atoms with E-state index in [1.807, 2.05) is 48.0 Å². The maximum Gasteiger partial charge on any atom is 0.354 e. The average molecular weight is 196 g/mol. The summed E-state index contributed by atoms with van der Waals surface area (Å²) in [6.45, 7) is 9.26. The SMILES string of the molecule is C#[N+]c1cccc2cccc([N+](=C)C)c12. The lowest BCUT2D eigenvalue weighted by molar-refractivity contribution is -0.392. The van der Waals surface area contributed by atoms with Gasteiger partial charge in [-0.25, -0.2) is 4.58 Å². The van der Waals surface area contributed by atoms with Gasteiger partial charge in [0, 0.05) is 12.1 Å². The van der Waals surface area contributed by atoms with Crippen LogP contribution in [-0.2, 0) is 0 Å². The van der Waals surface area contributed by atoms with Crippen molar-refractivity contribution in [3.63, 3.8) is 0 Å². The monoisotopic (exact) mass is 196 g/mol. The molecule has 0 fully saturated rings. The van der Waals surface area contributed by atoms with Gasteiger partial charge in [-0.1, -0.05) is 24.3 Å². The topological polar surface area (TPSA) is 7.37 Å². The van der Waals surface area contributed by atoms with Crippen molar-refractivity contribution in [1.29, 1.82) is 0 Å². The van der Waals surface area contributed by atoms with Crippen LogP contribution in [0.3, 0.4) is 0 Å². The fourth-order valence-corrected chi connectivity index (χ4v) is 1.73. The number of fused-ring (bicyclic) bond motifs is 1. The van der Waals surface area contributed by atoms with Gasteiger partial charge < -0.3 is 0 Å². The van der Waals surface area contributed by atoms with Gasteiger partial charge in [-0.3, -0.25) is 0 Å². The fourth-order valence-electron chi connectivity index (χ4n) is 1.73. The third kappa shape index (κ3) is 1.49. The van der Waals surface area contributed by atoms with Crippen LogP contribution in [0.1, 0.15) is 0 Å². The second-order valence-electron chi connectivity index (χ2n) is 3.48. The maximum absolute atomic E-state index is 5.37. The Hall–Kier alpha value is -2.14. The number of hydrogen-bond acceptors (Lipinski definition) is 0. The molecule has 2 aromatic carbocycles. The van der Waals surface area contributed by atoms with Crippen LogP contribution in [0, 0.1) is 6.57 Å². The van der Waals surface area contributed by atoms with Crippen molar-refractivity contribution in [3.05, 3.63) is 41.2 Å². The Morgan fingerprint density at radius 1 is 1.20 bits per heavy atom. The molecule has 0 atom stereocenters. The summed E-state index contributed by atoms with van der Waals surface area (Å²) in [5.74, 6) is 0. The van der Waals surface area contributed by atoms with E-state index < -0.39 is 0 Å². The van der Waals surface area contributed by atoms with Crippen molar-refractivity contribution in [1.82, 2.24) is 0 Å². The molecule has 0 spiro atoms. The van der Waals surface area contributed by atoms with Gasteiger partial charge in [0.1, 0.15) is 19.2 Å². The zero-order chi connectivity index (χ0) is 10.8. The molecule has 15 heavy (non-hydrogen) atoms. The molecular formula is C13H12N2+2. The normalized spacial score (nSPS) is 9.87. The van der Waals surface area contributed by atoms with Crippen LogP contribution in [0.15, 0.2) is 36.4 Å². The van der Waals surface area contributed by atoms with Gasteiger partial charge in [-0.05, 0) is 10.2 Å². The van der Waals surface area contributed by atoms with Crippen LogP contribution in [0.5, 0.6) is 0 Å². The van der Waals surface area contributed by atoms with E-state index >= 15 is 0 Å². The van der Waals surface area contributed by atoms with Crippen LogP contribution in [-0.4, -0.2) is 18.3 Å². The minimum absolute atomic E-state index is 0.790. The lowest BCUT2D eigenvalue weighted by Gasteiger charge is -1.98. The fraction of sp³-hybridized carbons (Fsp3) is 0.0769. The Bertz CT molecular complexity index is 571. The molecule has 2 rings (SSSR count). The van der Waals surface area contributed by atoms with Crippen molar-refractivity contribution in [3.8, 4) is 6.57 Å². The molecule has 0 saturated heterocycles. The lowest BCUT2D eigenvalue weighted by atomic mass is 10.1. The molecule has 0 bridgehead atoms. The van der Waals surface area contributed by atoms with E-state index in [4.69, 9.17) is 6.57 Å². The van der Waals surface area contributed by atoms with Gasteiger partial charge in [0.25, 0.3) is 6.57 Å². The van der Waals surface area contributed by atoms with Gasteiger partial charge in [-0.15, -0.1) is 0 Å². The third-order valence-electron chi connectivity index (χ3n) is 2.41. The summed E-state index contributed by atoms with van der Waals surface area (Å²) in [6, 6.07) is 11.9. The highest BCUT2D eigenvalue weighted by Crippen LogP contribution is 2.33. The lowest BCUT2D eigenvalue weighted by Crippen LogP contribution is -1.93. The zero-order valence-corrected chi connectivity index (χ0v) is 8.64. The first kappa shape index (κ1) is 9.42. The van der Waals surface area contributed by atoms with Gasteiger partial charge >= 0.3 is 5.69 Å². The predicted octanol–water partition coefficient (Wildman–Crippen LogP) is 3.41. The summed E-state index contributed by atoms with van der Waals surface area (Å²) < 4.78 is 1.82. The van der Waals surface area contributed by atoms with Crippen LogP contribution >= 0.6 is 0 Å². The molecule has 0 aromatic heterocycles. The Labute approximate surface area is 88.9 Å². The zero-order valence-electron chi connectivity index (χ0n) is 8.64. The van der Waals surface area contributed by atoms with Gasteiger partial charge in [-0.2, -0.15) is 0 Å². The number of hydrogen-bond donors (Lipinski definition) is 0.